The monoisotopic (exact) mass is 287 g/mol. The number of benzene rings is 1. The van der Waals surface area contributed by atoms with Crippen LogP contribution in [0.5, 0.6) is 0 Å². The van der Waals surface area contributed by atoms with Crippen molar-refractivity contribution in [1.29, 1.82) is 0 Å². The summed E-state index contributed by atoms with van der Waals surface area (Å²) >= 11 is 0. The number of hydrogen-bond acceptors (Lipinski definition) is 4. The van der Waals surface area contributed by atoms with E-state index in [1.165, 1.54) is 0 Å². The summed E-state index contributed by atoms with van der Waals surface area (Å²) in [4.78, 5) is 16.4. The zero-order valence-electron chi connectivity index (χ0n) is 12.5. The number of ether oxygens (including phenoxy) is 1. The molecule has 5 nitrogen and oxygen atoms in total. The second-order valence-electron chi connectivity index (χ2n) is 4.75. The molecule has 0 aliphatic rings. The Morgan fingerprint density at radius 2 is 2.14 bits per heavy atom. The number of aryl methyl sites for hydroxylation is 1. The number of esters is 1. The van der Waals surface area contributed by atoms with Crippen LogP contribution in [0.4, 0.5) is 0 Å². The largest absolute Gasteiger partial charge is 0.465 e. The van der Waals surface area contributed by atoms with E-state index in [1.807, 2.05) is 55.1 Å². The molecule has 0 fully saturated rings. The smallest absolute Gasteiger partial charge is 0.327 e. The first-order chi connectivity index (χ1) is 10.2. The lowest BCUT2D eigenvalue weighted by molar-refractivity contribution is -0.145. The Bertz CT molecular complexity index is 566. The maximum Gasteiger partial charge on any atom is 0.327 e. The SMILES string of the molecule is CCOC(=O)C(NCCc1nccn1C)c1ccccc1. The van der Waals surface area contributed by atoms with E-state index in [0.29, 0.717) is 13.2 Å². The van der Waals surface area contributed by atoms with Gasteiger partial charge < -0.3 is 14.6 Å². The topological polar surface area (TPSA) is 56.1 Å². The summed E-state index contributed by atoms with van der Waals surface area (Å²) in [6.07, 6.45) is 4.44. The van der Waals surface area contributed by atoms with Crippen LogP contribution in [0.25, 0.3) is 0 Å². The molecule has 5 heteroatoms. The lowest BCUT2D eigenvalue weighted by Gasteiger charge is -2.17. The first kappa shape index (κ1) is 15.3. The molecule has 0 saturated heterocycles. The molecule has 2 aromatic rings. The van der Waals surface area contributed by atoms with Gasteiger partial charge in [-0.25, -0.2) is 9.78 Å². The Morgan fingerprint density at radius 1 is 1.38 bits per heavy atom. The normalized spacial score (nSPS) is 12.1. The molecule has 0 spiro atoms. The second kappa shape index (κ2) is 7.59. The first-order valence-electron chi connectivity index (χ1n) is 7.13. The summed E-state index contributed by atoms with van der Waals surface area (Å²) in [5, 5.41) is 3.26. The van der Waals surface area contributed by atoms with Crippen molar-refractivity contribution < 1.29 is 9.53 Å². The van der Waals surface area contributed by atoms with Crippen LogP contribution in [-0.2, 0) is 23.0 Å². The fourth-order valence-corrected chi connectivity index (χ4v) is 2.17. The van der Waals surface area contributed by atoms with Crippen LogP contribution in [-0.4, -0.2) is 28.7 Å². The molecule has 1 atom stereocenters. The highest BCUT2D eigenvalue weighted by atomic mass is 16.5. The Balaban J connectivity index is 1.99. The van der Waals surface area contributed by atoms with Crippen molar-refractivity contribution in [1.82, 2.24) is 14.9 Å². The molecule has 0 saturated carbocycles. The molecule has 0 aliphatic heterocycles. The number of aromatic nitrogens is 2. The summed E-state index contributed by atoms with van der Waals surface area (Å²) in [6.45, 7) is 2.85. The van der Waals surface area contributed by atoms with Gasteiger partial charge in [0.05, 0.1) is 6.61 Å². The van der Waals surface area contributed by atoms with E-state index < -0.39 is 6.04 Å². The summed E-state index contributed by atoms with van der Waals surface area (Å²) in [7, 11) is 1.96. The number of carbonyl (C=O) groups is 1. The Kier molecular flexibility index (Phi) is 5.51. The summed E-state index contributed by atoms with van der Waals surface area (Å²) in [6, 6.07) is 9.18. The van der Waals surface area contributed by atoms with Crippen molar-refractivity contribution in [2.45, 2.75) is 19.4 Å². The molecule has 0 amide bonds. The van der Waals surface area contributed by atoms with E-state index in [9.17, 15) is 4.79 Å². The van der Waals surface area contributed by atoms with Gasteiger partial charge in [-0.3, -0.25) is 0 Å². The summed E-state index contributed by atoms with van der Waals surface area (Å²) < 4.78 is 7.12. The lowest BCUT2D eigenvalue weighted by Crippen LogP contribution is -2.32. The van der Waals surface area contributed by atoms with Gasteiger partial charge in [0.2, 0.25) is 0 Å². The number of rotatable bonds is 7. The van der Waals surface area contributed by atoms with Gasteiger partial charge in [0.1, 0.15) is 11.9 Å². The van der Waals surface area contributed by atoms with E-state index in [4.69, 9.17) is 4.74 Å². The van der Waals surface area contributed by atoms with Gasteiger partial charge in [-0.2, -0.15) is 0 Å². The second-order valence-corrected chi connectivity index (χ2v) is 4.75. The van der Waals surface area contributed by atoms with Crippen LogP contribution in [0.3, 0.4) is 0 Å². The van der Waals surface area contributed by atoms with Gasteiger partial charge in [-0.05, 0) is 12.5 Å². The molecule has 1 aromatic heterocycles. The Morgan fingerprint density at radius 3 is 2.76 bits per heavy atom. The molecule has 0 radical (unpaired) electrons. The van der Waals surface area contributed by atoms with Crippen LogP contribution >= 0.6 is 0 Å². The van der Waals surface area contributed by atoms with Crippen LogP contribution in [0, 0.1) is 0 Å². The quantitative estimate of drug-likeness (QED) is 0.790. The highest BCUT2D eigenvalue weighted by Crippen LogP contribution is 2.14. The third kappa shape index (κ3) is 4.16. The summed E-state index contributed by atoms with van der Waals surface area (Å²) in [5.74, 6) is 0.738. The van der Waals surface area contributed by atoms with Crippen LogP contribution in [0.1, 0.15) is 24.4 Å². The standard InChI is InChI=1S/C16H21N3O2/c1-3-21-16(20)15(13-7-5-4-6-8-13)18-10-9-14-17-11-12-19(14)2/h4-8,11-12,15,18H,3,9-10H2,1-2H3. The highest BCUT2D eigenvalue weighted by Gasteiger charge is 2.20. The Hall–Kier alpha value is -2.14. The van der Waals surface area contributed by atoms with Gasteiger partial charge in [0.15, 0.2) is 0 Å². The van der Waals surface area contributed by atoms with E-state index in [-0.39, 0.29) is 5.97 Å². The van der Waals surface area contributed by atoms with E-state index in [0.717, 1.165) is 17.8 Å². The molecule has 2 rings (SSSR count). The number of carbonyl (C=O) groups excluding carboxylic acids is 1. The van der Waals surface area contributed by atoms with Gasteiger partial charge in [-0.15, -0.1) is 0 Å². The number of imidazole rings is 1. The van der Waals surface area contributed by atoms with E-state index in [2.05, 4.69) is 10.3 Å². The minimum absolute atomic E-state index is 0.247. The minimum Gasteiger partial charge on any atom is -0.465 e. The number of nitrogens with zero attached hydrogens (tertiary/aromatic N) is 2. The zero-order valence-corrected chi connectivity index (χ0v) is 12.5. The van der Waals surface area contributed by atoms with Crippen molar-refractivity contribution in [2.24, 2.45) is 7.05 Å². The molecule has 1 unspecified atom stereocenters. The Labute approximate surface area is 125 Å². The molecule has 0 bridgehead atoms. The number of nitrogens with one attached hydrogen (secondary N) is 1. The summed E-state index contributed by atoms with van der Waals surface area (Å²) in [5.41, 5.74) is 0.913. The zero-order chi connectivity index (χ0) is 15.1. The average Bonchev–Trinajstić information content (AvgIpc) is 2.90. The maximum absolute atomic E-state index is 12.1. The third-order valence-electron chi connectivity index (χ3n) is 3.27. The minimum atomic E-state index is -0.439. The molecule has 1 heterocycles. The van der Waals surface area contributed by atoms with Gasteiger partial charge >= 0.3 is 5.97 Å². The first-order valence-corrected chi connectivity index (χ1v) is 7.13. The molecular weight excluding hydrogens is 266 g/mol. The van der Waals surface area contributed by atoms with Crippen molar-refractivity contribution in [3.8, 4) is 0 Å². The molecule has 21 heavy (non-hydrogen) atoms. The molecular formula is C16H21N3O2. The van der Waals surface area contributed by atoms with Gasteiger partial charge in [0, 0.05) is 32.4 Å². The fourth-order valence-electron chi connectivity index (χ4n) is 2.17. The van der Waals surface area contributed by atoms with Crippen molar-refractivity contribution in [2.75, 3.05) is 13.2 Å². The van der Waals surface area contributed by atoms with Crippen LogP contribution in [0.15, 0.2) is 42.7 Å². The molecule has 112 valence electrons. The molecule has 1 aromatic carbocycles. The number of hydrogen-bond donors (Lipinski definition) is 1. The average molecular weight is 287 g/mol. The lowest BCUT2D eigenvalue weighted by atomic mass is 10.1. The van der Waals surface area contributed by atoms with Crippen LogP contribution in [0.2, 0.25) is 0 Å². The third-order valence-corrected chi connectivity index (χ3v) is 3.27. The van der Waals surface area contributed by atoms with Crippen molar-refractivity contribution in [3.05, 3.63) is 54.1 Å². The molecule has 1 N–H and O–H groups in total. The van der Waals surface area contributed by atoms with Crippen LogP contribution < -0.4 is 5.32 Å². The molecule has 0 aliphatic carbocycles. The maximum atomic E-state index is 12.1. The van der Waals surface area contributed by atoms with Gasteiger partial charge in [0.25, 0.3) is 0 Å². The predicted octanol–water partition coefficient (Wildman–Crippen LogP) is 1.86. The highest BCUT2D eigenvalue weighted by molar-refractivity contribution is 5.77. The fraction of sp³-hybridized carbons (Fsp3) is 0.375. The van der Waals surface area contributed by atoms with E-state index >= 15 is 0 Å². The van der Waals surface area contributed by atoms with E-state index in [1.54, 1.807) is 6.20 Å². The van der Waals surface area contributed by atoms with Crippen molar-refractivity contribution in [3.63, 3.8) is 0 Å². The van der Waals surface area contributed by atoms with Gasteiger partial charge in [-0.1, -0.05) is 30.3 Å². The van der Waals surface area contributed by atoms with Crippen molar-refractivity contribution >= 4 is 5.97 Å². The predicted molar refractivity (Wildman–Crippen MR) is 80.7 cm³/mol.